The summed E-state index contributed by atoms with van der Waals surface area (Å²) in [7, 11) is 1.66. The highest BCUT2D eigenvalue weighted by Gasteiger charge is 2.35. The first kappa shape index (κ1) is 28.4. The van der Waals surface area contributed by atoms with Crippen LogP contribution < -0.4 is 19.1 Å². The van der Waals surface area contributed by atoms with Gasteiger partial charge in [-0.1, -0.05) is 20.8 Å². The van der Waals surface area contributed by atoms with Crippen LogP contribution in [0.2, 0.25) is 0 Å². The summed E-state index contributed by atoms with van der Waals surface area (Å²) in [5, 5.41) is 8.60. The van der Waals surface area contributed by atoms with Gasteiger partial charge in [0.05, 0.1) is 31.0 Å². The lowest BCUT2D eigenvalue weighted by Gasteiger charge is -2.32. The molecule has 0 bridgehead atoms. The maximum absolute atomic E-state index is 15.4. The van der Waals surface area contributed by atoms with Crippen LogP contribution in [-0.2, 0) is 16.8 Å². The Morgan fingerprint density at radius 3 is 2.46 bits per heavy atom. The lowest BCUT2D eigenvalue weighted by molar-refractivity contribution is -0.121. The van der Waals surface area contributed by atoms with Gasteiger partial charge in [-0.05, 0) is 43.0 Å². The second-order valence-electron chi connectivity index (χ2n) is 9.91. The first-order chi connectivity index (χ1) is 17.0. The van der Waals surface area contributed by atoms with Crippen LogP contribution >= 0.6 is 17.0 Å². The van der Waals surface area contributed by atoms with E-state index in [0.29, 0.717) is 29.2 Å². The first-order valence-electron chi connectivity index (χ1n) is 12.0. The van der Waals surface area contributed by atoms with Crippen molar-refractivity contribution in [2.75, 3.05) is 38.3 Å². The predicted molar refractivity (Wildman–Crippen MR) is 145 cm³/mol. The Morgan fingerprint density at radius 2 is 1.84 bits per heavy atom. The van der Waals surface area contributed by atoms with E-state index in [9.17, 15) is 9.59 Å². The maximum atomic E-state index is 15.4. The number of halogens is 2. The number of fused-ring (bicyclic) bond motifs is 2. The van der Waals surface area contributed by atoms with Crippen molar-refractivity contribution in [1.82, 2.24) is 4.90 Å². The Hall–Kier alpha value is -3.14. The highest BCUT2D eigenvalue weighted by molar-refractivity contribution is 8.93. The number of anilines is 1. The van der Waals surface area contributed by atoms with Crippen LogP contribution in [0.5, 0.6) is 17.2 Å². The number of carbonyl (C=O) groups is 2. The molecule has 0 atom stereocenters. The maximum Gasteiger partial charge on any atom is 0.264 e. The topological polar surface area (TPSA) is 92.2 Å². The van der Waals surface area contributed by atoms with Crippen LogP contribution in [0, 0.1) is 11.2 Å². The molecule has 200 valence electrons. The Bertz CT molecular complexity index is 1260. The molecule has 0 aliphatic carbocycles. The molecule has 0 saturated heterocycles. The van der Waals surface area contributed by atoms with Crippen molar-refractivity contribution in [3.8, 4) is 17.2 Å². The summed E-state index contributed by atoms with van der Waals surface area (Å²) in [6.45, 7) is 10.2. The Morgan fingerprint density at radius 1 is 1.16 bits per heavy atom. The fourth-order valence-corrected chi connectivity index (χ4v) is 4.52. The highest BCUT2D eigenvalue weighted by Crippen LogP contribution is 2.42. The van der Waals surface area contributed by atoms with Gasteiger partial charge < -0.3 is 24.0 Å². The third-order valence-electron chi connectivity index (χ3n) is 6.38. The van der Waals surface area contributed by atoms with Gasteiger partial charge in [-0.2, -0.15) is 0 Å². The summed E-state index contributed by atoms with van der Waals surface area (Å²) in [5.41, 5.74) is 2.10. The molecule has 37 heavy (non-hydrogen) atoms. The number of amidine groups is 1. The van der Waals surface area contributed by atoms with Crippen LogP contribution in [0.1, 0.15) is 61.7 Å². The summed E-state index contributed by atoms with van der Waals surface area (Å²) in [4.78, 5) is 28.7. The minimum atomic E-state index is -0.654. The zero-order valence-corrected chi connectivity index (χ0v) is 23.7. The first-order valence-corrected chi connectivity index (χ1v) is 12.0. The number of benzene rings is 2. The SMILES string of the molecule is Br.CCOc1cc2c(c(F)c1OCC)C(=N)N(CC(=O)c1cc3c(c(C(C)(C)C)c1)OCC(=O)N3C)C2. The van der Waals surface area contributed by atoms with E-state index in [4.69, 9.17) is 19.6 Å². The molecule has 8 nitrogen and oxygen atoms in total. The molecule has 4 rings (SSSR count). The number of carbonyl (C=O) groups excluding carboxylic acids is 2. The van der Waals surface area contributed by atoms with Crippen molar-refractivity contribution < 1.29 is 28.2 Å². The van der Waals surface area contributed by atoms with E-state index >= 15 is 4.39 Å². The van der Waals surface area contributed by atoms with Gasteiger partial charge in [-0.25, -0.2) is 4.39 Å². The molecule has 0 unspecified atom stereocenters. The Kier molecular flexibility index (Phi) is 8.21. The number of amides is 1. The largest absolute Gasteiger partial charge is 0.490 e. The Balaban J connectivity index is 0.00000380. The van der Waals surface area contributed by atoms with Gasteiger partial charge in [-0.3, -0.25) is 15.0 Å². The van der Waals surface area contributed by atoms with Crippen LogP contribution in [-0.4, -0.2) is 55.8 Å². The zero-order chi connectivity index (χ0) is 26.4. The van der Waals surface area contributed by atoms with E-state index in [1.54, 1.807) is 39.1 Å². The van der Waals surface area contributed by atoms with E-state index in [1.807, 2.05) is 20.8 Å². The van der Waals surface area contributed by atoms with E-state index in [0.717, 1.165) is 5.56 Å². The molecule has 0 fully saturated rings. The third-order valence-corrected chi connectivity index (χ3v) is 6.38. The lowest BCUT2D eigenvalue weighted by Crippen LogP contribution is -2.37. The minimum Gasteiger partial charge on any atom is -0.490 e. The molecule has 2 aromatic rings. The molecule has 2 aliphatic heterocycles. The van der Waals surface area contributed by atoms with Gasteiger partial charge in [0.15, 0.2) is 29.7 Å². The predicted octanol–water partition coefficient (Wildman–Crippen LogP) is 4.88. The average Bonchev–Trinajstić information content (AvgIpc) is 3.12. The van der Waals surface area contributed by atoms with Crippen LogP contribution in [0.4, 0.5) is 10.1 Å². The molecular weight excluding hydrogens is 545 g/mol. The van der Waals surface area contributed by atoms with E-state index < -0.39 is 5.82 Å². The quantitative estimate of drug-likeness (QED) is 0.472. The van der Waals surface area contributed by atoms with E-state index in [-0.39, 0.29) is 83.3 Å². The fraction of sp³-hybridized carbons (Fsp3) is 0.444. The number of Topliss-reactive ketones (excluding diaryl/α,β-unsaturated/α-hetero) is 1. The van der Waals surface area contributed by atoms with Crippen molar-refractivity contribution in [3.05, 3.63) is 46.3 Å². The number of hydrogen-bond acceptors (Lipinski definition) is 6. The molecule has 10 heteroatoms. The molecule has 1 amide bonds. The summed E-state index contributed by atoms with van der Waals surface area (Å²) in [6, 6.07) is 5.12. The lowest BCUT2D eigenvalue weighted by atomic mass is 9.84. The normalized spacial score (nSPS) is 14.6. The molecule has 2 heterocycles. The molecule has 2 aromatic carbocycles. The van der Waals surface area contributed by atoms with Gasteiger partial charge in [0, 0.05) is 24.7 Å². The number of nitrogens with zero attached hydrogens (tertiary/aromatic N) is 2. The van der Waals surface area contributed by atoms with Crippen LogP contribution in [0.15, 0.2) is 18.2 Å². The molecule has 1 N–H and O–H groups in total. The van der Waals surface area contributed by atoms with Gasteiger partial charge in [0.2, 0.25) is 0 Å². The second-order valence-corrected chi connectivity index (χ2v) is 9.91. The number of rotatable bonds is 7. The molecule has 0 saturated carbocycles. The van der Waals surface area contributed by atoms with Crippen molar-refractivity contribution in [3.63, 3.8) is 0 Å². The van der Waals surface area contributed by atoms with Gasteiger partial charge in [0.1, 0.15) is 11.6 Å². The van der Waals surface area contributed by atoms with Gasteiger partial charge in [-0.15, -0.1) is 17.0 Å². The summed E-state index contributed by atoms with van der Waals surface area (Å²) in [6.07, 6.45) is 0. The van der Waals surface area contributed by atoms with Crippen molar-refractivity contribution in [2.24, 2.45) is 0 Å². The number of nitrogens with one attached hydrogen (secondary N) is 1. The Labute approximate surface area is 226 Å². The highest BCUT2D eigenvalue weighted by atomic mass is 79.9. The zero-order valence-electron chi connectivity index (χ0n) is 22.0. The van der Waals surface area contributed by atoms with Crippen molar-refractivity contribution in [1.29, 1.82) is 5.41 Å². The number of hydrogen-bond donors (Lipinski definition) is 1. The van der Waals surface area contributed by atoms with Crippen LogP contribution in [0.3, 0.4) is 0 Å². The molecule has 0 radical (unpaired) electrons. The summed E-state index contributed by atoms with van der Waals surface area (Å²) in [5.74, 6) is -0.320. The molecule has 2 aliphatic rings. The van der Waals surface area contributed by atoms with Gasteiger partial charge in [0.25, 0.3) is 5.91 Å². The average molecular weight is 578 g/mol. The standard InChI is InChI=1S/C27H32FN3O5.BrH/c1-7-34-20-11-16-12-31(26(29)22(16)23(28)25(20)35-8-2)13-19(32)15-9-17(27(3,4)5)24-18(10-15)30(6)21(33)14-36-24;/h9-11,29H,7-8,12-14H2,1-6H3;1H. The summed E-state index contributed by atoms with van der Waals surface area (Å²) < 4.78 is 32.2. The van der Waals surface area contributed by atoms with Gasteiger partial charge >= 0.3 is 0 Å². The summed E-state index contributed by atoms with van der Waals surface area (Å²) >= 11 is 0. The monoisotopic (exact) mass is 577 g/mol. The smallest absolute Gasteiger partial charge is 0.264 e. The van der Waals surface area contributed by atoms with E-state index in [2.05, 4.69) is 0 Å². The fourth-order valence-electron chi connectivity index (χ4n) is 4.52. The minimum absolute atomic E-state index is 0. The van der Waals surface area contributed by atoms with Crippen LogP contribution in [0.25, 0.3) is 0 Å². The number of likely N-dealkylation sites (N-methyl/N-ethyl adjacent to an activating group) is 1. The van der Waals surface area contributed by atoms with Crippen molar-refractivity contribution >= 4 is 40.2 Å². The molecular formula is C27H33BrFN3O5. The molecule has 0 spiro atoms. The van der Waals surface area contributed by atoms with Crippen molar-refractivity contribution in [2.45, 2.75) is 46.6 Å². The number of ether oxygens (including phenoxy) is 3. The second kappa shape index (κ2) is 10.7. The third kappa shape index (κ3) is 5.16. The number of ketones is 1. The molecule has 0 aromatic heterocycles. The van der Waals surface area contributed by atoms with E-state index in [1.165, 1.54) is 9.80 Å².